The second kappa shape index (κ2) is 8.05. The summed E-state index contributed by atoms with van der Waals surface area (Å²) in [5.41, 5.74) is 4.22. The standard InChI is InChI=1S/C25H30N2O3/c28-17-20-18-30-23-8-4-3-7-22(23)27(20)24(29)10-14-26-15-12-25(13-16-26)11-9-19-5-1-2-6-21(19)25/h1-8,20,28H,9-18H2. The third-order valence-electron chi connectivity index (χ3n) is 7.32. The number of para-hydroxylation sites is 2. The topological polar surface area (TPSA) is 53.0 Å². The fraction of sp³-hybridized carbons (Fsp3) is 0.480. The number of benzene rings is 2. The summed E-state index contributed by atoms with van der Waals surface area (Å²) in [7, 11) is 0. The zero-order chi connectivity index (χ0) is 20.6. The summed E-state index contributed by atoms with van der Waals surface area (Å²) in [6.45, 7) is 3.11. The van der Waals surface area contributed by atoms with Crippen LogP contribution in [-0.4, -0.2) is 54.8 Å². The third kappa shape index (κ3) is 3.40. The first kappa shape index (κ1) is 19.6. The van der Waals surface area contributed by atoms with Gasteiger partial charge in [-0.1, -0.05) is 36.4 Å². The van der Waals surface area contributed by atoms with E-state index < -0.39 is 0 Å². The minimum atomic E-state index is -0.313. The number of nitrogens with zero attached hydrogens (tertiary/aromatic N) is 2. The van der Waals surface area contributed by atoms with Crippen LogP contribution in [0.4, 0.5) is 5.69 Å². The molecule has 0 bridgehead atoms. The molecular formula is C25H30N2O3. The number of fused-ring (bicyclic) bond motifs is 3. The molecule has 1 aliphatic carbocycles. The highest BCUT2D eigenvalue weighted by Gasteiger charge is 2.41. The molecule has 3 aliphatic rings. The number of carbonyl (C=O) groups excluding carboxylic acids is 1. The van der Waals surface area contributed by atoms with E-state index in [1.165, 1.54) is 31.2 Å². The minimum Gasteiger partial charge on any atom is -0.489 e. The summed E-state index contributed by atoms with van der Waals surface area (Å²) < 4.78 is 5.72. The van der Waals surface area contributed by atoms with Gasteiger partial charge in [0.2, 0.25) is 5.91 Å². The molecule has 1 N–H and O–H groups in total. The zero-order valence-electron chi connectivity index (χ0n) is 17.4. The number of anilines is 1. The second-order valence-electron chi connectivity index (χ2n) is 8.91. The largest absolute Gasteiger partial charge is 0.489 e. The first-order chi connectivity index (χ1) is 14.7. The molecule has 0 aromatic heterocycles. The van der Waals surface area contributed by atoms with Gasteiger partial charge in [-0.25, -0.2) is 0 Å². The molecule has 5 nitrogen and oxygen atoms in total. The number of aliphatic hydroxyl groups excluding tert-OH is 1. The van der Waals surface area contributed by atoms with E-state index in [9.17, 15) is 9.90 Å². The number of piperidine rings is 1. The van der Waals surface area contributed by atoms with Gasteiger partial charge in [-0.3, -0.25) is 4.79 Å². The summed E-state index contributed by atoms with van der Waals surface area (Å²) in [6.07, 6.45) is 5.29. The first-order valence-electron chi connectivity index (χ1n) is 11.2. The van der Waals surface area contributed by atoms with Crippen LogP contribution in [0.2, 0.25) is 0 Å². The molecule has 5 rings (SSSR count). The quantitative estimate of drug-likeness (QED) is 0.848. The summed E-state index contributed by atoms with van der Waals surface area (Å²) in [6, 6.07) is 16.2. The smallest absolute Gasteiger partial charge is 0.228 e. The van der Waals surface area contributed by atoms with Gasteiger partial charge in [0.15, 0.2) is 0 Å². The van der Waals surface area contributed by atoms with Gasteiger partial charge in [0.1, 0.15) is 12.4 Å². The zero-order valence-corrected chi connectivity index (χ0v) is 17.4. The van der Waals surface area contributed by atoms with Crippen LogP contribution in [0, 0.1) is 0 Å². The van der Waals surface area contributed by atoms with Crippen LogP contribution in [0.25, 0.3) is 0 Å². The monoisotopic (exact) mass is 406 g/mol. The van der Waals surface area contributed by atoms with E-state index in [0.717, 1.165) is 31.1 Å². The molecule has 30 heavy (non-hydrogen) atoms. The molecule has 1 amide bonds. The molecule has 0 saturated carbocycles. The Morgan fingerprint density at radius 1 is 1.07 bits per heavy atom. The van der Waals surface area contributed by atoms with Gasteiger partial charge in [-0.15, -0.1) is 0 Å². The number of carbonyl (C=O) groups is 1. The Hall–Kier alpha value is -2.37. The van der Waals surface area contributed by atoms with Crippen LogP contribution < -0.4 is 9.64 Å². The van der Waals surface area contributed by atoms with Crippen LogP contribution in [0.5, 0.6) is 5.75 Å². The molecule has 1 unspecified atom stereocenters. The minimum absolute atomic E-state index is 0.0660. The molecule has 1 saturated heterocycles. The van der Waals surface area contributed by atoms with Crippen LogP contribution in [0.3, 0.4) is 0 Å². The van der Waals surface area contributed by atoms with Crippen LogP contribution >= 0.6 is 0 Å². The number of rotatable bonds is 4. The molecule has 0 radical (unpaired) electrons. The number of aryl methyl sites for hydroxylation is 1. The van der Waals surface area contributed by atoms with Crippen molar-refractivity contribution in [2.24, 2.45) is 0 Å². The molecule has 5 heteroatoms. The maximum absolute atomic E-state index is 13.1. The van der Waals surface area contributed by atoms with Crippen molar-refractivity contribution in [2.75, 3.05) is 37.7 Å². The van der Waals surface area contributed by atoms with Gasteiger partial charge in [0.05, 0.1) is 18.3 Å². The summed E-state index contributed by atoms with van der Waals surface area (Å²) in [5, 5.41) is 9.77. The van der Waals surface area contributed by atoms with Crippen molar-refractivity contribution in [3.63, 3.8) is 0 Å². The Morgan fingerprint density at radius 2 is 1.83 bits per heavy atom. The molecule has 1 atom stereocenters. The van der Waals surface area contributed by atoms with E-state index >= 15 is 0 Å². The van der Waals surface area contributed by atoms with Crippen LogP contribution in [0.1, 0.15) is 36.8 Å². The summed E-state index contributed by atoms with van der Waals surface area (Å²) in [4.78, 5) is 17.3. The molecule has 2 heterocycles. The molecule has 2 aromatic carbocycles. The van der Waals surface area contributed by atoms with Crippen molar-refractivity contribution in [2.45, 2.75) is 43.6 Å². The molecule has 2 aliphatic heterocycles. The number of hydrogen-bond donors (Lipinski definition) is 1. The second-order valence-corrected chi connectivity index (χ2v) is 8.91. The van der Waals surface area contributed by atoms with E-state index in [-0.39, 0.29) is 18.6 Å². The van der Waals surface area contributed by atoms with Gasteiger partial charge >= 0.3 is 0 Å². The van der Waals surface area contributed by atoms with Crippen LogP contribution in [-0.2, 0) is 16.6 Å². The van der Waals surface area contributed by atoms with Crippen molar-refractivity contribution < 1.29 is 14.6 Å². The Morgan fingerprint density at radius 3 is 2.67 bits per heavy atom. The number of hydrogen-bond acceptors (Lipinski definition) is 4. The van der Waals surface area contributed by atoms with E-state index in [4.69, 9.17) is 4.74 Å². The maximum atomic E-state index is 13.1. The Balaban J connectivity index is 1.21. The highest BCUT2D eigenvalue weighted by molar-refractivity contribution is 5.96. The predicted molar refractivity (Wildman–Crippen MR) is 117 cm³/mol. The van der Waals surface area contributed by atoms with Crippen molar-refractivity contribution in [3.8, 4) is 5.75 Å². The molecule has 2 aromatic rings. The van der Waals surface area contributed by atoms with E-state index in [2.05, 4.69) is 29.2 Å². The maximum Gasteiger partial charge on any atom is 0.228 e. The Bertz CT molecular complexity index is 920. The lowest BCUT2D eigenvalue weighted by Crippen LogP contribution is -2.50. The molecule has 1 fully saturated rings. The van der Waals surface area contributed by atoms with E-state index in [0.29, 0.717) is 18.4 Å². The lowest BCUT2D eigenvalue weighted by molar-refractivity contribution is -0.120. The van der Waals surface area contributed by atoms with Gasteiger partial charge < -0.3 is 19.6 Å². The fourth-order valence-electron chi connectivity index (χ4n) is 5.57. The van der Waals surface area contributed by atoms with E-state index in [1.54, 1.807) is 10.5 Å². The Labute approximate surface area is 178 Å². The SMILES string of the molecule is O=C(CCN1CCC2(CCc3ccccc32)CC1)N1c2ccccc2OCC1CO. The fourth-order valence-corrected chi connectivity index (χ4v) is 5.57. The van der Waals surface area contributed by atoms with Crippen LogP contribution in [0.15, 0.2) is 48.5 Å². The van der Waals surface area contributed by atoms with Gasteiger partial charge in [-0.2, -0.15) is 0 Å². The normalized spacial score (nSPS) is 22.4. The predicted octanol–water partition coefficient (Wildman–Crippen LogP) is 3.14. The van der Waals surface area contributed by atoms with Crippen molar-refractivity contribution in [1.82, 2.24) is 4.90 Å². The lowest BCUT2D eigenvalue weighted by atomic mass is 9.74. The molecule has 1 spiro atoms. The average Bonchev–Trinajstić information content (AvgIpc) is 3.16. The number of amides is 1. The highest BCUT2D eigenvalue weighted by atomic mass is 16.5. The van der Waals surface area contributed by atoms with Gasteiger partial charge in [0, 0.05) is 13.0 Å². The van der Waals surface area contributed by atoms with Crippen molar-refractivity contribution in [1.29, 1.82) is 0 Å². The number of aliphatic hydroxyl groups is 1. The van der Waals surface area contributed by atoms with Gasteiger partial charge in [-0.05, 0) is 67.4 Å². The molecule has 158 valence electrons. The third-order valence-corrected chi connectivity index (χ3v) is 7.32. The summed E-state index contributed by atoms with van der Waals surface area (Å²) in [5.74, 6) is 0.784. The lowest BCUT2D eigenvalue weighted by Gasteiger charge is -2.41. The first-order valence-corrected chi connectivity index (χ1v) is 11.2. The van der Waals surface area contributed by atoms with Crippen molar-refractivity contribution in [3.05, 3.63) is 59.7 Å². The average molecular weight is 407 g/mol. The number of ether oxygens (including phenoxy) is 1. The van der Waals surface area contributed by atoms with E-state index in [1.807, 2.05) is 24.3 Å². The van der Waals surface area contributed by atoms with Crippen molar-refractivity contribution >= 4 is 11.6 Å². The highest BCUT2D eigenvalue weighted by Crippen LogP contribution is 2.46. The summed E-state index contributed by atoms with van der Waals surface area (Å²) >= 11 is 0. The molecular weight excluding hydrogens is 376 g/mol. The number of likely N-dealkylation sites (tertiary alicyclic amines) is 1. The van der Waals surface area contributed by atoms with Gasteiger partial charge in [0.25, 0.3) is 0 Å². The Kier molecular flexibility index (Phi) is 5.25.